The molecule has 0 aromatic heterocycles. The van der Waals surface area contributed by atoms with Gasteiger partial charge in [0.15, 0.2) is 0 Å². The van der Waals surface area contributed by atoms with Crippen molar-refractivity contribution in [2.45, 2.75) is 13.0 Å². The zero-order chi connectivity index (χ0) is 11.3. The van der Waals surface area contributed by atoms with Gasteiger partial charge in [0.25, 0.3) is 0 Å². The van der Waals surface area contributed by atoms with Gasteiger partial charge in [-0.15, -0.1) is 0 Å². The SMILES string of the molecule is COCC(O)CNc1cc(C)cc(N)c1. The van der Waals surface area contributed by atoms with Gasteiger partial charge in [-0.25, -0.2) is 0 Å². The first-order chi connectivity index (χ1) is 7.11. The van der Waals surface area contributed by atoms with Gasteiger partial charge in [-0.05, 0) is 30.7 Å². The predicted molar refractivity (Wildman–Crippen MR) is 62.0 cm³/mol. The van der Waals surface area contributed by atoms with Crippen LogP contribution in [0.5, 0.6) is 0 Å². The fourth-order valence-electron chi connectivity index (χ4n) is 1.40. The number of aryl methyl sites for hydroxylation is 1. The van der Waals surface area contributed by atoms with Gasteiger partial charge in [-0.1, -0.05) is 0 Å². The number of methoxy groups -OCH3 is 1. The van der Waals surface area contributed by atoms with E-state index in [2.05, 4.69) is 5.32 Å². The average molecular weight is 210 g/mol. The number of hydrogen-bond donors (Lipinski definition) is 3. The lowest BCUT2D eigenvalue weighted by Crippen LogP contribution is -2.24. The van der Waals surface area contributed by atoms with E-state index in [1.54, 1.807) is 7.11 Å². The molecule has 0 spiro atoms. The first-order valence-corrected chi connectivity index (χ1v) is 4.90. The molecular formula is C11H18N2O2. The third-order valence-electron chi connectivity index (χ3n) is 2.00. The van der Waals surface area contributed by atoms with Crippen LogP contribution in [-0.4, -0.2) is 31.5 Å². The summed E-state index contributed by atoms with van der Waals surface area (Å²) in [5.74, 6) is 0. The van der Waals surface area contributed by atoms with E-state index in [0.29, 0.717) is 13.2 Å². The molecule has 4 nitrogen and oxygen atoms in total. The number of aliphatic hydroxyl groups excluding tert-OH is 1. The molecule has 15 heavy (non-hydrogen) atoms. The van der Waals surface area contributed by atoms with Crippen LogP contribution < -0.4 is 11.1 Å². The van der Waals surface area contributed by atoms with E-state index in [-0.39, 0.29) is 0 Å². The topological polar surface area (TPSA) is 67.5 Å². The highest BCUT2D eigenvalue weighted by Crippen LogP contribution is 2.15. The fraction of sp³-hybridized carbons (Fsp3) is 0.455. The van der Waals surface area contributed by atoms with Crippen LogP contribution in [0.15, 0.2) is 18.2 Å². The highest BCUT2D eigenvalue weighted by molar-refractivity contribution is 5.56. The summed E-state index contributed by atoms with van der Waals surface area (Å²) in [5, 5.41) is 12.5. The van der Waals surface area contributed by atoms with Gasteiger partial charge in [-0.2, -0.15) is 0 Å². The van der Waals surface area contributed by atoms with E-state index in [1.807, 2.05) is 25.1 Å². The minimum atomic E-state index is -0.503. The molecule has 0 aliphatic carbocycles. The summed E-state index contributed by atoms with van der Waals surface area (Å²) < 4.78 is 4.82. The minimum absolute atomic E-state index is 0.328. The van der Waals surface area contributed by atoms with Crippen molar-refractivity contribution >= 4 is 11.4 Å². The molecule has 4 heteroatoms. The Morgan fingerprint density at radius 3 is 2.80 bits per heavy atom. The van der Waals surface area contributed by atoms with Crippen molar-refractivity contribution in [1.29, 1.82) is 0 Å². The molecule has 4 N–H and O–H groups in total. The summed E-state index contributed by atoms with van der Waals surface area (Å²) in [6, 6.07) is 5.72. The number of ether oxygens (including phenoxy) is 1. The number of rotatable bonds is 5. The van der Waals surface area contributed by atoms with E-state index in [0.717, 1.165) is 16.9 Å². The smallest absolute Gasteiger partial charge is 0.0945 e. The summed E-state index contributed by atoms with van der Waals surface area (Å²) >= 11 is 0. The highest BCUT2D eigenvalue weighted by Gasteiger charge is 2.03. The van der Waals surface area contributed by atoms with Gasteiger partial charge >= 0.3 is 0 Å². The van der Waals surface area contributed by atoms with Crippen LogP contribution in [0.3, 0.4) is 0 Å². The second-order valence-corrected chi connectivity index (χ2v) is 3.62. The first-order valence-electron chi connectivity index (χ1n) is 4.90. The maximum Gasteiger partial charge on any atom is 0.0945 e. The first kappa shape index (κ1) is 11.8. The van der Waals surface area contributed by atoms with Gasteiger partial charge in [-0.3, -0.25) is 0 Å². The quantitative estimate of drug-likeness (QED) is 0.634. The number of nitrogens with one attached hydrogen (secondary N) is 1. The third kappa shape index (κ3) is 4.18. The number of nitrogen functional groups attached to an aromatic ring is 1. The van der Waals surface area contributed by atoms with E-state index in [9.17, 15) is 5.11 Å². The van der Waals surface area contributed by atoms with Crippen LogP contribution in [0.2, 0.25) is 0 Å². The molecule has 0 fully saturated rings. The molecule has 84 valence electrons. The van der Waals surface area contributed by atoms with Gasteiger partial charge in [0, 0.05) is 25.0 Å². The second kappa shape index (κ2) is 5.58. The van der Waals surface area contributed by atoms with Crippen molar-refractivity contribution in [3.63, 3.8) is 0 Å². The van der Waals surface area contributed by atoms with Crippen LogP contribution >= 0.6 is 0 Å². The lowest BCUT2D eigenvalue weighted by atomic mass is 10.2. The fourth-order valence-corrected chi connectivity index (χ4v) is 1.40. The molecule has 1 rings (SSSR count). The van der Waals surface area contributed by atoms with Crippen molar-refractivity contribution in [3.8, 4) is 0 Å². The normalized spacial score (nSPS) is 12.5. The summed E-state index contributed by atoms with van der Waals surface area (Å²) in [5.41, 5.74) is 8.43. The summed E-state index contributed by atoms with van der Waals surface area (Å²) in [7, 11) is 1.56. The van der Waals surface area contributed by atoms with Crippen molar-refractivity contribution < 1.29 is 9.84 Å². The maximum atomic E-state index is 9.43. The van der Waals surface area contributed by atoms with Crippen LogP contribution in [0.4, 0.5) is 11.4 Å². The Hall–Kier alpha value is -1.26. The maximum absolute atomic E-state index is 9.43. The lowest BCUT2D eigenvalue weighted by Gasteiger charge is -2.12. The van der Waals surface area contributed by atoms with E-state index in [1.165, 1.54) is 0 Å². The number of anilines is 2. The molecule has 0 bridgehead atoms. The number of nitrogens with two attached hydrogens (primary N) is 1. The standard InChI is InChI=1S/C11H18N2O2/c1-8-3-9(12)5-10(4-8)13-6-11(14)7-15-2/h3-5,11,13-14H,6-7,12H2,1-2H3. The molecule has 1 aromatic carbocycles. The van der Waals surface area contributed by atoms with Gasteiger partial charge in [0.2, 0.25) is 0 Å². The largest absolute Gasteiger partial charge is 0.399 e. The van der Waals surface area contributed by atoms with E-state index in [4.69, 9.17) is 10.5 Å². The van der Waals surface area contributed by atoms with Crippen LogP contribution in [0.25, 0.3) is 0 Å². The monoisotopic (exact) mass is 210 g/mol. The van der Waals surface area contributed by atoms with Gasteiger partial charge in [0.1, 0.15) is 0 Å². The third-order valence-corrected chi connectivity index (χ3v) is 2.00. The number of hydrogen-bond acceptors (Lipinski definition) is 4. The molecule has 0 aliphatic heterocycles. The Balaban J connectivity index is 2.50. The number of benzene rings is 1. The van der Waals surface area contributed by atoms with Crippen molar-refractivity contribution in [2.75, 3.05) is 31.3 Å². The molecule has 0 aliphatic rings. The molecule has 0 amide bonds. The van der Waals surface area contributed by atoms with Crippen molar-refractivity contribution in [1.82, 2.24) is 0 Å². The van der Waals surface area contributed by atoms with Crippen LogP contribution in [-0.2, 0) is 4.74 Å². The van der Waals surface area contributed by atoms with Crippen molar-refractivity contribution in [2.24, 2.45) is 0 Å². The van der Waals surface area contributed by atoms with Crippen molar-refractivity contribution in [3.05, 3.63) is 23.8 Å². The molecule has 1 aromatic rings. The molecule has 1 atom stereocenters. The minimum Gasteiger partial charge on any atom is -0.399 e. The van der Waals surface area contributed by atoms with Crippen LogP contribution in [0.1, 0.15) is 5.56 Å². The summed E-state index contributed by atoms with van der Waals surface area (Å²) in [6.07, 6.45) is -0.503. The molecule has 1 unspecified atom stereocenters. The van der Waals surface area contributed by atoms with Gasteiger partial charge in [0.05, 0.1) is 12.7 Å². The Bertz CT molecular complexity index is 295. The molecular weight excluding hydrogens is 192 g/mol. The zero-order valence-corrected chi connectivity index (χ0v) is 9.16. The molecule has 0 saturated heterocycles. The Labute approximate surface area is 90.1 Å². The Morgan fingerprint density at radius 2 is 2.20 bits per heavy atom. The number of aliphatic hydroxyl groups is 1. The zero-order valence-electron chi connectivity index (χ0n) is 9.16. The Kier molecular flexibility index (Phi) is 4.39. The van der Waals surface area contributed by atoms with E-state index < -0.39 is 6.10 Å². The Morgan fingerprint density at radius 1 is 1.47 bits per heavy atom. The van der Waals surface area contributed by atoms with E-state index >= 15 is 0 Å². The van der Waals surface area contributed by atoms with Crippen LogP contribution in [0, 0.1) is 6.92 Å². The summed E-state index contributed by atoms with van der Waals surface area (Å²) in [4.78, 5) is 0. The second-order valence-electron chi connectivity index (χ2n) is 3.62. The van der Waals surface area contributed by atoms with Gasteiger partial charge < -0.3 is 20.9 Å². The highest BCUT2D eigenvalue weighted by atomic mass is 16.5. The lowest BCUT2D eigenvalue weighted by molar-refractivity contribution is 0.0727. The molecule has 0 radical (unpaired) electrons. The molecule has 0 saturated carbocycles. The predicted octanol–water partition coefficient (Wildman–Crippen LogP) is 0.996. The average Bonchev–Trinajstić information content (AvgIpc) is 2.14. The summed E-state index contributed by atoms with van der Waals surface area (Å²) in [6.45, 7) is 2.76. The molecule has 0 heterocycles.